The molecule has 1 fully saturated rings. The molecule has 1 aliphatic rings. The van der Waals surface area contributed by atoms with Crippen LogP contribution >= 0.6 is 0 Å². The molecule has 0 spiro atoms. The molecule has 1 saturated heterocycles. The number of hydrogen-bond donors (Lipinski definition) is 1. The van der Waals surface area contributed by atoms with Crippen molar-refractivity contribution in [1.29, 1.82) is 0 Å². The third-order valence-electron chi connectivity index (χ3n) is 4.51. The van der Waals surface area contributed by atoms with E-state index in [2.05, 4.69) is 49.8 Å². The van der Waals surface area contributed by atoms with E-state index in [0.717, 1.165) is 26.2 Å². The minimum atomic E-state index is 0.457. The lowest BCUT2D eigenvalue weighted by Crippen LogP contribution is -2.46. The topological polar surface area (TPSA) is 32.5 Å². The van der Waals surface area contributed by atoms with Crippen LogP contribution < -0.4 is 5.73 Å². The van der Waals surface area contributed by atoms with Crippen molar-refractivity contribution in [1.82, 2.24) is 9.80 Å². The molecule has 1 heterocycles. The second kappa shape index (κ2) is 6.70. The number of likely N-dealkylation sites (N-methyl/N-ethyl adjacent to an activating group) is 1. The standard InChI is InChI=1S/C17H29N3/c1-13-9-14(2)17(15(3)10-13)16(11-18)12-20-7-5-19(4)6-8-20/h9-10,16H,5-8,11-12,18H2,1-4H3. The van der Waals surface area contributed by atoms with Crippen molar-refractivity contribution in [3.05, 3.63) is 34.4 Å². The van der Waals surface area contributed by atoms with Crippen LogP contribution in [-0.4, -0.2) is 56.1 Å². The Hall–Kier alpha value is -0.900. The summed E-state index contributed by atoms with van der Waals surface area (Å²) in [5, 5.41) is 0. The van der Waals surface area contributed by atoms with Crippen LogP contribution in [0.3, 0.4) is 0 Å². The summed E-state index contributed by atoms with van der Waals surface area (Å²) in [5.74, 6) is 0.457. The van der Waals surface area contributed by atoms with Crippen LogP contribution in [-0.2, 0) is 0 Å². The lowest BCUT2D eigenvalue weighted by Gasteiger charge is -2.35. The molecule has 1 aromatic carbocycles. The highest BCUT2D eigenvalue weighted by molar-refractivity contribution is 5.40. The molecule has 0 radical (unpaired) electrons. The third-order valence-corrected chi connectivity index (χ3v) is 4.51. The summed E-state index contributed by atoms with van der Waals surface area (Å²) in [6, 6.07) is 4.57. The number of rotatable bonds is 4. The third kappa shape index (κ3) is 3.60. The van der Waals surface area contributed by atoms with Crippen molar-refractivity contribution in [3.8, 4) is 0 Å². The molecule has 1 aromatic rings. The fraction of sp³-hybridized carbons (Fsp3) is 0.647. The van der Waals surface area contributed by atoms with E-state index in [4.69, 9.17) is 5.73 Å². The predicted octanol–water partition coefficient (Wildman–Crippen LogP) is 1.90. The van der Waals surface area contributed by atoms with Crippen LogP contribution in [0.4, 0.5) is 0 Å². The second-order valence-electron chi connectivity index (χ2n) is 6.35. The Morgan fingerprint density at radius 2 is 1.60 bits per heavy atom. The van der Waals surface area contributed by atoms with Crippen LogP contribution in [0, 0.1) is 20.8 Å². The first-order valence-electron chi connectivity index (χ1n) is 7.70. The largest absolute Gasteiger partial charge is 0.330 e. The van der Waals surface area contributed by atoms with Crippen molar-refractivity contribution < 1.29 is 0 Å². The number of benzene rings is 1. The maximum Gasteiger partial charge on any atom is 0.0110 e. The molecule has 3 nitrogen and oxygen atoms in total. The van der Waals surface area contributed by atoms with Gasteiger partial charge in [-0.1, -0.05) is 17.7 Å². The SMILES string of the molecule is Cc1cc(C)c(C(CN)CN2CCN(C)CC2)c(C)c1. The van der Waals surface area contributed by atoms with E-state index in [1.807, 2.05) is 0 Å². The molecule has 0 aliphatic carbocycles. The van der Waals surface area contributed by atoms with Gasteiger partial charge in [-0.05, 0) is 44.5 Å². The summed E-state index contributed by atoms with van der Waals surface area (Å²) in [6.45, 7) is 13.1. The summed E-state index contributed by atoms with van der Waals surface area (Å²) in [7, 11) is 2.20. The highest BCUT2D eigenvalue weighted by Gasteiger charge is 2.21. The minimum absolute atomic E-state index is 0.457. The number of aryl methyl sites for hydroxylation is 3. The number of nitrogens with zero attached hydrogens (tertiary/aromatic N) is 2. The van der Waals surface area contributed by atoms with Gasteiger partial charge in [-0.25, -0.2) is 0 Å². The van der Waals surface area contributed by atoms with E-state index in [9.17, 15) is 0 Å². The first kappa shape index (κ1) is 15.5. The number of piperazine rings is 1. The van der Waals surface area contributed by atoms with Crippen LogP contribution in [0.5, 0.6) is 0 Å². The molecule has 20 heavy (non-hydrogen) atoms. The molecule has 0 saturated carbocycles. The summed E-state index contributed by atoms with van der Waals surface area (Å²) in [5.41, 5.74) is 11.7. The molecular weight excluding hydrogens is 246 g/mol. The van der Waals surface area contributed by atoms with Gasteiger partial charge in [-0.3, -0.25) is 0 Å². The maximum atomic E-state index is 6.09. The van der Waals surface area contributed by atoms with Gasteiger partial charge in [0.05, 0.1) is 0 Å². The van der Waals surface area contributed by atoms with Crippen LogP contribution in [0.1, 0.15) is 28.2 Å². The fourth-order valence-electron chi connectivity index (χ4n) is 3.46. The lowest BCUT2D eigenvalue weighted by atomic mass is 9.89. The Balaban J connectivity index is 2.12. The quantitative estimate of drug-likeness (QED) is 0.911. The summed E-state index contributed by atoms with van der Waals surface area (Å²) in [6.07, 6.45) is 0. The summed E-state index contributed by atoms with van der Waals surface area (Å²) < 4.78 is 0. The Labute approximate surface area is 123 Å². The number of hydrogen-bond acceptors (Lipinski definition) is 3. The maximum absolute atomic E-state index is 6.09. The van der Waals surface area contributed by atoms with E-state index in [0.29, 0.717) is 5.92 Å². The van der Waals surface area contributed by atoms with E-state index in [-0.39, 0.29) is 0 Å². The van der Waals surface area contributed by atoms with Gasteiger partial charge in [0.25, 0.3) is 0 Å². The summed E-state index contributed by atoms with van der Waals surface area (Å²) >= 11 is 0. The predicted molar refractivity (Wildman–Crippen MR) is 86.4 cm³/mol. The Bertz CT molecular complexity index is 425. The van der Waals surface area contributed by atoms with Crippen LogP contribution in [0.25, 0.3) is 0 Å². The molecule has 0 amide bonds. The van der Waals surface area contributed by atoms with Crippen LogP contribution in [0.15, 0.2) is 12.1 Å². The smallest absolute Gasteiger partial charge is 0.0110 e. The van der Waals surface area contributed by atoms with E-state index in [1.54, 1.807) is 0 Å². The van der Waals surface area contributed by atoms with Gasteiger partial charge in [0.2, 0.25) is 0 Å². The van der Waals surface area contributed by atoms with Gasteiger partial charge >= 0.3 is 0 Å². The summed E-state index contributed by atoms with van der Waals surface area (Å²) in [4.78, 5) is 4.96. The highest BCUT2D eigenvalue weighted by Crippen LogP contribution is 2.25. The molecule has 2 N–H and O–H groups in total. The van der Waals surface area contributed by atoms with Crippen molar-refractivity contribution in [2.24, 2.45) is 5.73 Å². The molecule has 0 aromatic heterocycles. The monoisotopic (exact) mass is 275 g/mol. The Morgan fingerprint density at radius 1 is 1.05 bits per heavy atom. The molecular formula is C17H29N3. The van der Waals surface area contributed by atoms with Crippen LogP contribution in [0.2, 0.25) is 0 Å². The number of nitrogens with two attached hydrogens (primary N) is 1. The molecule has 1 atom stereocenters. The van der Waals surface area contributed by atoms with E-state index >= 15 is 0 Å². The minimum Gasteiger partial charge on any atom is -0.330 e. The first-order valence-corrected chi connectivity index (χ1v) is 7.70. The van der Waals surface area contributed by atoms with E-state index < -0.39 is 0 Å². The fourth-order valence-corrected chi connectivity index (χ4v) is 3.46. The van der Waals surface area contributed by atoms with Gasteiger partial charge in [0.1, 0.15) is 0 Å². The van der Waals surface area contributed by atoms with Crippen molar-refractivity contribution in [2.75, 3.05) is 46.3 Å². The molecule has 0 bridgehead atoms. The molecule has 2 rings (SSSR count). The Kier molecular flexibility index (Phi) is 5.19. The molecule has 112 valence electrons. The van der Waals surface area contributed by atoms with Crippen molar-refractivity contribution in [3.63, 3.8) is 0 Å². The average molecular weight is 275 g/mol. The lowest BCUT2D eigenvalue weighted by molar-refractivity contribution is 0.147. The van der Waals surface area contributed by atoms with Crippen molar-refractivity contribution >= 4 is 0 Å². The second-order valence-corrected chi connectivity index (χ2v) is 6.35. The van der Waals surface area contributed by atoms with Gasteiger partial charge in [-0.15, -0.1) is 0 Å². The zero-order chi connectivity index (χ0) is 14.7. The van der Waals surface area contributed by atoms with E-state index in [1.165, 1.54) is 35.3 Å². The van der Waals surface area contributed by atoms with Gasteiger partial charge in [0, 0.05) is 45.2 Å². The molecule has 1 aliphatic heterocycles. The highest BCUT2D eigenvalue weighted by atomic mass is 15.2. The van der Waals surface area contributed by atoms with Gasteiger partial charge in [0.15, 0.2) is 0 Å². The average Bonchev–Trinajstić information content (AvgIpc) is 2.38. The zero-order valence-corrected chi connectivity index (χ0v) is 13.4. The Morgan fingerprint density at radius 3 is 2.10 bits per heavy atom. The van der Waals surface area contributed by atoms with Crippen molar-refractivity contribution in [2.45, 2.75) is 26.7 Å². The molecule has 3 heteroatoms. The van der Waals surface area contributed by atoms with Gasteiger partial charge < -0.3 is 15.5 Å². The van der Waals surface area contributed by atoms with Gasteiger partial charge in [-0.2, -0.15) is 0 Å². The molecule has 1 unspecified atom stereocenters. The zero-order valence-electron chi connectivity index (χ0n) is 13.4. The first-order chi connectivity index (χ1) is 9.51. The normalized spacial score (nSPS) is 19.2.